The van der Waals surface area contributed by atoms with Crippen molar-refractivity contribution in [1.29, 1.82) is 0 Å². The summed E-state index contributed by atoms with van der Waals surface area (Å²) in [5.41, 5.74) is 4.64. The van der Waals surface area contributed by atoms with Crippen molar-refractivity contribution in [3.63, 3.8) is 0 Å². The summed E-state index contributed by atoms with van der Waals surface area (Å²) in [5.74, 6) is -1.34. The zero-order valence-electron chi connectivity index (χ0n) is 4.50. The molecule has 1 atom stereocenters. The Bertz CT molecular complexity index is 94.5. The molecule has 0 aromatic rings. The van der Waals surface area contributed by atoms with Gasteiger partial charge in [-0.3, -0.25) is 10.9 Å². The predicted molar refractivity (Wildman–Crippen MR) is 25.0 cm³/mol. The minimum Gasteiger partial charge on any atom is -0.257 e. The minimum absolute atomic E-state index is 0.0660. The van der Waals surface area contributed by atoms with Gasteiger partial charge in [0, 0.05) is 6.54 Å². The summed E-state index contributed by atoms with van der Waals surface area (Å²) in [6.07, 6.45) is -4.10. The Morgan fingerprint density at radius 2 is 2.11 bits per heavy atom. The van der Waals surface area contributed by atoms with Crippen LogP contribution in [0.2, 0.25) is 0 Å². The van der Waals surface area contributed by atoms with E-state index in [0.717, 1.165) is 6.54 Å². The Kier molecular flexibility index (Phi) is 1.63. The fourth-order valence-corrected chi connectivity index (χ4v) is 0.598. The molecular formula is C4H6F3N2. The highest BCUT2D eigenvalue weighted by Gasteiger charge is 2.41. The van der Waals surface area contributed by atoms with Gasteiger partial charge in [0.05, 0.1) is 12.5 Å². The van der Waals surface area contributed by atoms with Crippen LogP contribution in [-0.2, 0) is 0 Å². The van der Waals surface area contributed by atoms with Gasteiger partial charge in [0.25, 0.3) is 0 Å². The summed E-state index contributed by atoms with van der Waals surface area (Å²) in [6.45, 7) is 0.934. The highest BCUT2D eigenvalue weighted by molar-refractivity contribution is 4.85. The number of halogens is 3. The first-order valence-corrected chi connectivity index (χ1v) is 2.49. The van der Waals surface area contributed by atoms with Crippen LogP contribution in [0.3, 0.4) is 0 Å². The lowest BCUT2D eigenvalue weighted by molar-refractivity contribution is -0.160. The van der Waals surface area contributed by atoms with Gasteiger partial charge >= 0.3 is 6.18 Å². The van der Waals surface area contributed by atoms with E-state index in [1.54, 1.807) is 0 Å². The molecule has 0 aliphatic carbocycles. The van der Waals surface area contributed by atoms with Gasteiger partial charge in [0.1, 0.15) is 0 Å². The van der Waals surface area contributed by atoms with Crippen molar-refractivity contribution in [1.82, 2.24) is 10.9 Å². The molecule has 1 fully saturated rings. The second-order valence-electron chi connectivity index (χ2n) is 1.84. The molecule has 1 rings (SSSR count). The number of hydrogen-bond acceptors (Lipinski definition) is 2. The number of alkyl halides is 3. The van der Waals surface area contributed by atoms with Crippen molar-refractivity contribution in [2.24, 2.45) is 5.92 Å². The van der Waals surface area contributed by atoms with E-state index in [2.05, 4.69) is 10.9 Å². The largest absolute Gasteiger partial charge is 0.394 e. The quantitative estimate of drug-likeness (QED) is 0.508. The maximum Gasteiger partial charge on any atom is 0.394 e. The molecule has 0 saturated carbocycles. The molecule has 0 amide bonds. The normalized spacial score (nSPS) is 23.0. The van der Waals surface area contributed by atoms with E-state index in [1.807, 2.05) is 0 Å². The number of hydrazine groups is 1. The lowest BCUT2D eigenvalue weighted by Gasteiger charge is -2.10. The van der Waals surface area contributed by atoms with Crippen LogP contribution in [0.25, 0.3) is 0 Å². The van der Waals surface area contributed by atoms with Crippen LogP contribution in [0.5, 0.6) is 0 Å². The molecule has 2 nitrogen and oxygen atoms in total. The lowest BCUT2D eigenvalue weighted by atomic mass is 10.1. The van der Waals surface area contributed by atoms with Crippen molar-refractivity contribution in [2.75, 3.05) is 6.54 Å². The van der Waals surface area contributed by atoms with Crippen LogP contribution in [-0.4, -0.2) is 12.7 Å². The highest BCUT2D eigenvalue weighted by Crippen LogP contribution is 2.28. The molecule has 0 spiro atoms. The van der Waals surface area contributed by atoms with E-state index in [9.17, 15) is 13.2 Å². The average Bonchev–Trinajstić information content (AvgIpc) is 2.08. The van der Waals surface area contributed by atoms with E-state index < -0.39 is 12.1 Å². The van der Waals surface area contributed by atoms with Gasteiger partial charge < -0.3 is 0 Å². The van der Waals surface area contributed by atoms with Crippen molar-refractivity contribution in [3.8, 4) is 0 Å². The summed E-state index contributed by atoms with van der Waals surface area (Å²) in [7, 11) is 0. The van der Waals surface area contributed by atoms with E-state index in [1.165, 1.54) is 0 Å². The molecule has 5 heteroatoms. The summed E-state index contributed by atoms with van der Waals surface area (Å²) >= 11 is 0. The van der Waals surface area contributed by atoms with E-state index >= 15 is 0 Å². The molecule has 1 unspecified atom stereocenters. The number of rotatable bonds is 0. The summed E-state index contributed by atoms with van der Waals surface area (Å²) in [6, 6.07) is 0. The van der Waals surface area contributed by atoms with Crippen LogP contribution in [0.1, 0.15) is 0 Å². The molecule has 2 N–H and O–H groups in total. The Morgan fingerprint density at radius 3 is 2.33 bits per heavy atom. The molecule has 1 aliphatic rings. The minimum atomic E-state index is -4.10. The Hall–Kier alpha value is -0.290. The van der Waals surface area contributed by atoms with Gasteiger partial charge in [-0.2, -0.15) is 13.2 Å². The Labute approximate surface area is 50.4 Å². The van der Waals surface area contributed by atoms with Gasteiger partial charge in [-0.15, -0.1) is 0 Å². The summed E-state index contributed by atoms with van der Waals surface area (Å²) < 4.78 is 34.9. The molecule has 53 valence electrons. The molecule has 1 saturated heterocycles. The fraction of sp³-hybridized carbons (Fsp3) is 0.750. The van der Waals surface area contributed by atoms with Crippen LogP contribution < -0.4 is 10.9 Å². The lowest BCUT2D eigenvalue weighted by Crippen LogP contribution is -2.25. The second-order valence-corrected chi connectivity index (χ2v) is 1.84. The van der Waals surface area contributed by atoms with Crippen LogP contribution in [0, 0.1) is 12.5 Å². The third kappa shape index (κ3) is 1.56. The maximum absolute atomic E-state index is 11.6. The van der Waals surface area contributed by atoms with Gasteiger partial charge in [-0.05, 0) is 0 Å². The number of hydrogen-bond donors (Lipinski definition) is 2. The molecule has 1 heterocycles. The molecule has 0 aromatic carbocycles. The standard InChI is InChI=1S/C4H6F3N2/c5-4(6,7)3-1-8-9-2-3/h1,3,8-9H,2H2. The highest BCUT2D eigenvalue weighted by atomic mass is 19.4. The molecule has 0 aromatic heterocycles. The molecule has 1 radical (unpaired) electrons. The summed E-state index contributed by atoms with van der Waals surface area (Å²) in [5, 5.41) is 0. The van der Waals surface area contributed by atoms with Crippen molar-refractivity contribution >= 4 is 0 Å². The Morgan fingerprint density at radius 1 is 1.44 bits per heavy atom. The zero-order chi connectivity index (χ0) is 6.91. The first-order chi connectivity index (χ1) is 4.11. The van der Waals surface area contributed by atoms with Gasteiger partial charge in [0.2, 0.25) is 0 Å². The molecule has 9 heavy (non-hydrogen) atoms. The third-order valence-electron chi connectivity index (χ3n) is 1.13. The predicted octanol–water partition coefficient (Wildman–Crippen LogP) is 0.434. The Balaban J connectivity index is 2.42. The topological polar surface area (TPSA) is 24.1 Å². The van der Waals surface area contributed by atoms with E-state index in [4.69, 9.17) is 0 Å². The fourth-order valence-electron chi connectivity index (χ4n) is 0.598. The van der Waals surface area contributed by atoms with Crippen molar-refractivity contribution in [3.05, 3.63) is 6.54 Å². The molecule has 0 bridgehead atoms. The van der Waals surface area contributed by atoms with Crippen molar-refractivity contribution in [2.45, 2.75) is 6.18 Å². The smallest absolute Gasteiger partial charge is 0.257 e. The first kappa shape index (κ1) is 6.82. The van der Waals surface area contributed by atoms with Crippen LogP contribution in [0.15, 0.2) is 0 Å². The second kappa shape index (κ2) is 2.15. The molecular weight excluding hydrogens is 133 g/mol. The molecule has 1 aliphatic heterocycles. The van der Waals surface area contributed by atoms with E-state index in [0.29, 0.717) is 0 Å². The van der Waals surface area contributed by atoms with Crippen LogP contribution >= 0.6 is 0 Å². The third-order valence-corrected chi connectivity index (χ3v) is 1.13. The SMILES string of the molecule is FC(F)(F)C1[CH]NNC1. The van der Waals surface area contributed by atoms with Gasteiger partial charge in [0.15, 0.2) is 0 Å². The first-order valence-electron chi connectivity index (χ1n) is 2.49. The van der Waals surface area contributed by atoms with Gasteiger partial charge in [-0.1, -0.05) is 0 Å². The van der Waals surface area contributed by atoms with Gasteiger partial charge in [-0.25, -0.2) is 0 Å². The monoisotopic (exact) mass is 139 g/mol. The average molecular weight is 139 g/mol. The van der Waals surface area contributed by atoms with Crippen molar-refractivity contribution < 1.29 is 13.2 Å². The van der Waals surface area contributed by atoms with E-state index in [-0.39, 0.29) is 6.54 Å². The maximum atomic E-state index is 11.6. The summed E-state index contributed by atoms with van der Waals surface area (Å²) in [4.78, 5) is 0. The zero-order valence-corrected chi connectivity index (χ0v) is 4.50. The van der Waals surface area contributed by atoms with Crippen LogP contribution in [0.4, 0.5) is 13.2 Å². The number of nitrogens with one attached hydrogen (secondary N) is 2.